The van der Waals surface area contributed by atoms with Gasteiger partial charge in [0.05, 0.1) is 11.4 Å². The number of hydrogen-bond donors (Lipinski definition) is 8. The largest absolute Gasteiger partial charge is 0.508 e. The normalized spacial score (nSPS) is 11.6. The van der Waals surface area contributed by atoms with Crippen molar-refractivity contribution < 1.29 is 55.3 Å². The number of aryl methyl sites for hydroxylation is 2. The van der Waals surface area contributed by atoms with Crippen LogP contribution in [0.1, 0.15) is 31.8 Å². The number of carbonyl (C=O) groups is 4. The molecule has 0 aliphatic heterocycles. The van der Waals surface area contributed by atoms with E-state index in [4.69, 9.17) is 0 Å². The minimum Gasteiger partial charge on any atom is -0.508 e. The van der Waals surface area contributed by atoms with Gasteiger partial charge < -0.3 is 31.5 Å². The maximum atomic E-state index is 13.4. The third-order valence-corrected chi connectivity index (χ3v) is 10.3. The molecular weight excluding hydrogens is 769 g/mol. The van der Waals surface area contributed by atoms with Crippen LogP contribution in [0.15, 0.2) is 107 Å². The molecule has 6 rings (SSSR count). The fourth-order valence-electron chi connectivity index (χ4n) is 6.00. The highest BCUT2D eigenvalue weighted by Crippen LogP contribution is 2.35. The number of carbonyl (C=O) groups excluding carboxylic acids is 4. The molecule has 0 fully saturated rings. The monoisotopic (exact) mass is 798 g/mol. The van der Waals surface area contributed by atoms with Gasteiger partial charge in [-0.2, -0.15) is 16.8 Å². The number of rotatable bonds is 8. The van der Waals surface area contributed by atoms with Crippen LogP contribution >= 0.6 is 0 Å². The van der Waals surface area contributed by atoms with Crippen molar-refractivity contribution in [2.45, 2.75) is 23.6 Å². The maximum Gasteiger partial charge on any atom is 0.314 e. The second-order valence-corrected chi connectivity index (χ2v) is 15.3. The molecule has 16 nitrogen and oxygen atoms in total. The summed E-state index contributed by atoms with van der Waals surface area (Å²) in [6, 6.07) is 21.4. The second kappa shape index (κ2) is 14.8. The van der Waals surface area contributed by atoms with E-state index in [1.54, 1.807) is 13.8 Å². The van der Waals surface area contributed by atoms with E-state index >= 15 is 0 Å². The number of nitrogens with one attached hydrogen (secondary N) is 4. The molecule has 4 amide bonds. The van der Waals surface area contributed by atoms with Crippen LogP contribution in [-0.4, -0.2) is 59.8 Å². The summed E-state index contributed by atoms with van der Waals surface area (Å²) in [6.07, 6.45) is 0. The molecule has 18 heteroatoms. The zero-order valence-corrected chi connectivity index (χ0v) is 30.7. The van der Waals surface area contributed by atoms with Gasteiger partial charge in [-0.1, -0.05) is 36.4 Å². The molecule has 6 aromatic carbocycles. The summed E-state index contributed by atoms with van der Waals surface area (Å²) in [4.78, 5) is 51.6. The molecule has 0 bridgehead atoms. The lowest BCUT2D eigenvalue weighted by Crippen LogP contribution is -2.29. The molecule has 0 aliphatic carbocycles. The standard InChI is InChI=1S/C38H30N4O12S2/c1-19-9-11-23(15-27(19)35(45)41-29-7-3-5-21-13-25(43)17-31(33(21)29)55(49,50)51)39-37(47)38(48)40-24-12-10-20(2)28(16-24)36(46)42-30-8-4-6-22-14-26(44)18-32(34(22)30)56(52,53)54/h3-18,43-44H,1-2H3,(H,39,47)(H,40,48)(H,41,45)(H,42,46)(H,49,50,51)(H,52,53,54). The molecule has 0 aromatic heterocycles. The van der Waals surface area contributed by atoms with Gasteiger partial charge in [0, 0.05) is 45.4 Å². The van der Waals surface area contributed by atoms with E-state index in [2.05, 4.69) is 21.3 Å². The van der Waals surface area contributed by atoms with E-state index in [0.29, 0.717) is 11.1 Å². The van der Waals surface area contributed by atoms with Gasteiger partial charge in [0.2, 0.25) is 0 Å². The predicted octanol–water partition coefficient (Wildman–Crippen LogP) is 5.60. The number of phenolic OH excluding ortho intramolecular Hbond substituents is 2. The number of phenols is 2. The van der Waals surface area contributed by atoms with E-state index in [0.717, 1.165) is 12.1 Å². The first-order valence-corrected chi connectivity index (χ1v) is 19.1. The van der Waals surface area contributed by atoms with Crippen molar-refractivity contribution in [3.05, 3.63) is 119 Å². The molecule has 286 valence electrons. The van der Waals surface area contributed by atoms with Crippen molar-refractivity contribution >= 4 is 88.2 Å². The lowest BCUT2D eigenvalue weighted by Gasteiger charge is -2.15. The number of aromatic hydroxyl groups is 2. The van der Waals surface area contributed by atoms with Crippen molar-refractivity contribution in [2.75, 3.05) is 21.3 Å². The van der Waals surface area contributed by atoms with Crippen LogP contribution in [0.2, 0.25) is 0 Å². The third-order valence-electron chi connectivity index (χ3n) is 8.59. The molecule has 56 heavy (non-hydrogen) atoms. The number of amides is 4. The maximum absolute atomic E-state index is 13.4. The van der Waals surface area contributed by atoms with E-state index < -0.39 is 65.2 Å². The molecular formula is C38H30N4O12S2. The van der Waals surface area contributed by atoms with Gasteiger partial charge in [-0.05, 0) is 84.3 Å². The van der Waals surface area contributed by atoms with Crippen molar-refractivity contribution in [1.82, 2.24) is 0 Å². The summed E-state index contributed by atoms with van der Waals surface area (Å²) in [5, 5.41) is 30.2. The first-order valence-electron chi connectivity index (χ1n) is 16.2. The molecule has 0 saturated heterocycles. The summed E-state index contributed by atoms with van der Waals surface area (Å²) in [5.41, 5.74) is 1.04. The van der Waals surface area contributed by atoms with Crippen LogP contribution in [0, 0.1) is 13.8 Å². The summed E-state index contributed by atoms with van der Waals surface area (Å²) < 4.78 is 68.0. The predicted molar refractivity (Wildman–Crippen MR) is 206 cm³/mol. The van der Waals surface area contributed by atoms with E-state index in [1.807, 2.05) is 0 Å². The summed E-state index contributed by atoms with van der Waals surface area (Å²) in [7, 11) is -9.64. The zero-order valence-electron chi connectivity index (χ0n) is 29.1. The van der Waals surface area contributed by atoms with Gasteiger partial charge in [0.1, 0.15) is 21.3 Å². The number of benzene rings is 6. The first-order chi connectivity index (χ1) is 26.3. The van der Waals surface area contributed by atoms with Crippen molar-refractivity contribution in [3.63, 3.8) is 0 Å². The summed E-state index contributed by atoms with van der Waals surface area (Å²) in [6.45, 7) is 3.20. The van der Waals surface area contributed by atoms with Crippen LogP contribution in [0.3, 0.4) is 0 Å². The number of hydrogen-bond acceptors (Lipinski definition) is 10. The van der Waals surface area contributed by atoms with Crippen LogP contribution in [0.5, 0.6) is 11.5 Å². The molecule has 0 unspecified atom stereocenters. The Bertz CT molecular complexity index is 2700. The molecule has 0 aliphatic rings. The highest BCUT2D eigenvalue weighted by Gasteiger charge is 2.23. The highest BCUT2D eigenvalue weighted by atomic mass is 32.2. The van der Waals surface area contributed by atoms with E-state index in [1.165, 1.54) is 84.9 Å². The molecule has 0 radical (unpaired) electrons. The Morgan fingerprint density at radius 3 is 1.23 bits per heavy atom. The van der Waals surface area contributed by atoms with Gasteiger partial charge in [0.25, 0.3) is 32.1 Å². The van der Waals surface area contributed by atoms with E-state index in [9.17, 15) is 55.3 Å². The third kappa shape index (κ3) is 8.12. The molecule has 8 N–H and O–H groups in total. The fraction of sp³-hybridized carbons (Fsp3) is 0.0526. The molecule has 6 aromatic rings. The Hall–Kier alpha value is -6.86. The van der Waals surface area contributed by atoms with Gasteiger partial charge in [0.15, 0.2) is 0 Å². The van der Waals surface area contributed by atoms with Gasteiger partial charge in [-0.25, -0.2) is 0 Å². The lowest BCUT2D eigenvalue weighted by atomic mass is 10.1. The van der Waals surface area contributed by atoms with Crippen LogP contribution in [0.25, 0.3) is 21.5 Å². The quantitative estimate of drug-likeness (QED) is 0.0691. The van der Waals surface area contributed by atoms with E-state index in [-0.39, 0.29) is 55.4 Å². The minimum absolute atomic E-state index is 0.000229. The summed E-state index contributed by atoms with van der Waals surface area (Å²) >= 11 is 0. The van der Waals surface area contributed by atoms with Crippen molar-refractivity contribution in [2.24, 2.45) is 0 Å². The lowest BCUT2D eigenvalue weighted by molar-refractivity contribution is -0.132. The SMILES string of the molecule is Cc1ccc(NC(=O)C(=O)Nc2ccc(C)c(C(=O)Nc3cccc4cc(O)cc(S(=O)(=O)O)c34)c2)cc1C(=O)Nc1cccc2cc(O)cc(S(=O)(=O)O)c12. The Kier molecular flexibility index (Phi) is 10.2. The molecule has 0 atom stereocenters. The Labute approximate surface area is 318 Å². The fourth-order valence-corrected chi connectivity index (χ4v) is 7.52. The van der Waals surface area contributed by atoms with Crippen LogP contribution < -0.4 is 21.3 Å². The van der Waals surface area contributed by atoms with Crippen molar-refractivity contribution in [3.8, 4) is 11.5 Å². The topological polar surface area (TPSA) is 266 Å². The molecule has 0 saturated carbocycles. The Balaban J connectivity index is 1.18. The smallest absolute Gasteiger partial charge is 0.314 e. The minimum atomic E-state index is -4.82. The average Bonchev–Trinajstić information content (AvgIpc) is 3.11. The zero-order chi connectivity index (χ0) is 40.7. The first kappa shape index (κ1) is 38.9. The Morgan fingerprint density at radius 2 is 0.875 bits per heavy atom. The van der Waals surface area contributed by atoms with Gasteiger partial charge >= 0.3 is 11.8 Å². The van der Waals surface area contributed by atoms with Gasteiger partial charge in [-0.3, -0.25) is 28.3 Å². The van der Waals surface area contributed by atoms with Gasteiger partial charge in [-0.15, -0.1) is 0 Å². The number of anilines is 4. The second-order valence-electron chi connectivity index (χ2n) is 12.5. The van der Waals surface area contributed by atoms with Crippen LogP contribution in [-0.2, 0) is 29.8 Å². The average molecular weight is 799 g/mol. The molecule has 0 heterocycles. The van der Waals surface area contributed by atoms with Crippen LogP contribution in [0.4, 0.5) is 22.7 Å². The van der Waals surface area contributed by atoms with Crippen molar-refractivity contribution in [1.29, 1.82) is 0 Å². The summed E-state index contributed by atoms with van der Waals surface area (Å²) in [5.74, 6) is -4.60. The molecule has 0 spiro atoms. The number of fused-ring (bicyclic) bond motifs is 2. The Morgan fingerprint density at radius 1 is 0.500 bits per heavy atom. The highest BCUT2D eigenvalue weighted by molar-refractivity contribution is 7.86.